The maximum Gasteiger partial charge on any atom is 0.341 e. The topological polar surface area (TPSA) is 83.6 Å². The molecule has 0 saturated heterocycles. The lowest BCUT2D eigenvalue weighted by Crippen LogP contribution is -1.95. The lowest BCUT2D eigenvalue weighted by molar-refractivity contribution is 0.0697. The Kier molecular flexibility index (Phi) is 2.36. The number of aryl methyl sites for hydroxylation is 1. The predicted octanol–water partition coefficient (Wildman–Crippen LogP) is 2.05. The molecule has 0 spiro atoms. The zero-order valence-corrected chi connectivity index (χ0v) is 8.47. The molecule has 82 valence electrons. The van der Waals surface area contributed by atoms with Crippen LogP contribution in [0, 0.1) is 6.92 Å². The van der Waals surface area contributed by atoms with Gasteiger partial charge in [0.15, 0.2) is 5.76 Å². The summed E-state index contributed by atoms with van der Waals surface area (Å²) >= 11 is 0. The molecule has 0 aliphatic rings. The van der Waals surface area contributed by atoms with E-state index in [1.54, 1.807) is 19.1 Å². The first-order valence-corrected chi connectivity index (χ1v) is 4.57. The first-order valence-electron chi connectivity index (χ1n) is 4.57. The van der Waals surface area contributed by atoms with E-state index in [2.05, 4.69) is 5.16 Å². The quantitative estimate of drug-likeness (QED) is 0.807. The minimum Gasteiger partial charge on any atom is -0.508 e. The van der Waals surface area contributed by atoms with Gasteiger partial charge in [0.2, 0.25) is 0 Å². The number of nitrogens with zero attached hydrogens (tertiary/aromatic N) is 1. The zero-order chi connectivity index (χ0) is 11.7. The second-order valence-electron chi connectivity index (χ2n) is 3.38. The molecule has 0 fully saturated rings. The molecule has 0 aliphatic carbocycles. The fourth-order valence-electron chi connectivity index (χ4n) is 1.35. The monoisotopic (exact) mass is 219 g/mol. The average molecular weight is 219 g/mol. The van der Waals surface area contributed by atoms with Gasteiger partial charge in [-0.1, -0.05) is 17.3 Å². The molecular formula is C11H9NO4. The van der Waals surface area contributed by atoms with Gasteiger partial charge in [0.25, 0.3) is 0 Å². The van der Waals surface area contributed by atoms with Crippen molar-refractivity contribution in [2.24, 2.45) is 0 Å². The third-order valence-electron chi connectivity index (χ3n) is 2.27. The van der Waals surface area contributed by atoms with Crippen molar-refractivity contribution in [3.8, 4) is 17.1 Å². The number of carboxylic acid groups (broad SMARTS) is 1. The van der Waals surface area contributed by atoms with Crippen LogP contribution in [0.4, 0.5) is 0 Å². The summed E-state index contributed by atoms with van der Waals surface area (Å²) in [7, 11) is 0. The molecule has 0 atom stereocenters. The van der Waals surface area contributed by atoms with Crippen LogP contribution >= 0.6 is 0 Å². The molecule has 1 aromatic carbocycles. The number of aromatic hydroxyl groups is 1. The zero-order valence-electron chi connectivity index (χ0n) is 8.47. The molecule has 2 N–H and O–H groups in total. The third-order valence-corrected chi connectivity index (χ3v) is 2.27. The Morgan fingerprint density at radius 1 is 1.44 bits per heavy atom. The molecule has 0 amide bonds. The van der Waals surface area contributed by atoms with Gasteiger partial charge in [-0.05, 0) is 18.6 Å². The molecule has 1 heterocycles. The van der Waals surface area contributed by atoms with E-state index in [1.807, 2.05) is 0 Å². The second-order valence-corrected chi connectivity index (χ2v) is 3.38. The molecule has 0 bridgehead atoms. The van der Waals surface area contributed by atoms with Gasteiger partial charge in [-0.3, -0.25) is 0 Å². The summed E-state index contributed by atoms with van der Waals surface area (Å²) < 4.78 is 4.86. The van der Waals surface area contributed by atoms with Gasteiger partial charge >= 0.3 is 5.97 Å². The normalized spacial score (nSPS) is 10.3. The number of carbonyl (C=O) groups is 1. The summed E-state index contributed by atoms with van der Waals surface area (Å²) in [4.78, 5) is 10.8. The summed E-state index contributed by atoms with van der Waals surface area (Å²) in [6.45, 7) is 1.75. The standard InChI is InChI=1S/C11H9NO4/c1-6-2-3-7(4-9(6)13)10-8(11(14)15)5-12-16-10/h2-5,13H,1H3,(H,14,15). The van der Waals surface area contributed by atoms with Crippen LogP contribution in [0.2, 0.25) is 0 Å². The SMILES string of the molecule is Cc1ccc(-c2oncc2C(=O)O)cc1O. The van der Waals surface area contributed by atoms with Crippen LogP contribution < -0.4 is 0 Å². The minimum absolute atomic E-state index is 0.0248. The van der Waals surface area contributed by atoms with E-state index in [9.17, 15) is 9.90 Å². The van der Waals surface area contributed by atoms with Gasteiger partial charge in [-0.2, -0.15) is 0 Å². The van der Waals surface area contributed by atoms with E-state index < -0.39 is 5.97 Å². The fraction of sp³-hybridized carbons (Fsp3) is 0.0909. The van der Waals surface area contributed by atoms with Gasteiger partial charge in [-0.25, -0.2) is 4.79 Å². The maximum absolute atomic E-state index is 10.8. The highest BCUT2D eigenvalue weighted by Crippen LogP contribution is 2.28. The van der Waals surface area contributed by atoms with Crippen molar-refractivity contribution in [3.05, 3.63) is 35.5 Å². The summed E-state index contributed by atoms with van der Waals surface area (Å²) in [5, 5.41) is 21.8. The molecule has 5 heteroatoms. The molecule has 2 aromatic rings. The fourth-order valence-corrected chi connectivity index (χ4v) is 1.35. The molecule has 5 nitrogen and oxygen atoms in total. The predicted molar refractivity (Wildman–Crippen MR) is 55.3 cm³/mol. The van der Waals surface area contributed by atoms with Crippen LogP contribution in [-0.2, 0) is 0 Å². The summed E-state index contributed by atoms with van der Waals surface area (Å²) in [6, 6.07) is 4.79. The highest BCUT2D eigenvalue weighted by molar-refractivity contribution is 5.94. The van der Waals surface area contributed by atoms with Crippen molar-refractivity contribution in [3.63, 3.8) is 0 Å². The number of carboxylic acids is 1. The van der Waals surface area contributed by atoms with Gasteiger partial charge in [0.05, 0.1) is 6.20 Å². The van der Waals surface area contributed by atoms with Gasteiger partial charge in [0.1, 0.15) is 11.3 Å². The number of aromatic nitrogens is 1. The Hall–Kier alpha value is -2.30. The Balaban J connectivity index is 2.54. The molecule has 0 saturated carbocycles. The van der Waals surface area contributed by atoms with E-state index in [0.29, 0.717) is 11.1 Å². The van der Waals surface area contributed by atoms with Gasteiger partial charge in [-0.15, -0.1) is 0 Å². The molecule has 16 heavy (non-hydrogen) atoms. The van der Waals surface area contributed by atoms with E-state index in [0.717, 1.165) is 6.20 Å². The van der Waals surface area contributed by atoms with Crippen LogP contribution in [0.5, 0.6) is 5.75 Å². The number of phenols is 1. The molecule has 2 rings (SSSR count). The number of rotatable bonds is 2. The van der Waals surface area contributed by atoms with E-state index in [-0.39, 0.29) is 17.1 Å². The summed E-state index contributed by atoms with van der Waals surface area (Å²) in [5.74, 6) is -0.885. The Morgan fingerprint density at radius 3 is 2.81 bits per heavy atom. The lowest BCUT2D eigenvalue weighted by Gasteiger charge is -2.01. The van der Waals surface area contributed by atoms with Crippen LogP contribution in [-0.4, -0.2) is 21.3 Å². The van der Waals surface area contributed by atoms with Crippen molar-refractivity contribution in [1.29, 1.82) is 0 Å². The molecule has 0 aliphatic heterocycles. The van der Waals surface area contributed by atoms with Crippen molar-refractivity contribution in [2.75, 3.05) is 0 Å². The highest BCUT2D eigenvalue weighted by Gasteiger charge is 2.17. The number of hydrogen-bond donors (Lipinski definition) is 2. The summed E-state index contributed by atoms with van der Waals surface area (Å²) in [5.41, 5.74) is 1.17. The Bertz CT molecular complexity index is 545. The Morgan fingerprint density at radius 2 is 2.19 bits per heavy atom. The minimum atomic E-state index is -1.11. The third kappa shape index (κ3) is 1.63. The smallest absolute Gasteiger partial charge is 0.341 e. The van der Waals surface area contributed by atoms with E-state index in [4.69, 9.17) is 9.63 Å². The van der Waals surface area contributed by atoms with Gasteiger partial charge < -0.3 is 14.7 Å². The Labute approximate surface area is 90.9 Å². The van der Waals surface area contributed by atoms with Crippen LogP contribution in [0.3, 0.4) is 0 Å². The van der Waals surface area contributed by atoms with Crippen molar-refractivity contribution < 1.29 is 19.5 Å². The van der Waals surface area contributed by atoms with E-state index >= 15 is 0 Å². The largest absolute Gasteiger partial charge is 0.508 e. The van der Waals surface area contributed by atoms with Crippen LogP contribution in [0.15, 0.2) is 28.9 Å². The van der Waals surface area contributed by atoms with Gasteiger partial charge in [0, 0.05) is 5.56 Å². The number of benzene rings is 1. The van der Waals surface area contributed by atoms with Crippen LogP contribution in [0.25, 0.3) is 11.3 Å². The number of hydrogen-bond acceptors (Lipinski definition) is 4. The summed E-state index contributed by atoms with van der Waals surface area (Å²) in [6.07, 6.45) is 1.13. The van der Waals surface area contributed by atoms with Crippen molar-refractivity contribution in [2.45, 2.75) is 6.92 Å². The molecular weight excluding hydrogens is 210 g/mol. The second kappa shape index (κ2) is 3.69. The molecule has 0 unspecified atom stereocenters. The highest BCUT2D eigenvalue weighted by atomic mass is 16.5. The molecule has 1 aromatic heterocycles. The lowest BCUT2D eigenvalue weighted by atomic mass is 10.1. The number of aromatic carboxylic acids is 1. The first kappa shape index (κ1) is 10.2. The first-order chi connectivity index (χ1) is 7.59. The molecule has 0 radical (unpaired) electrons. The van der Waals surface area contributed by atoms with Crippen LogP contribution in [0.1, 0.15) is 15.9 Å². The number of phenolic OH excluding ortho intramolecular Hbond substituents is 1. The van der Waals surface area contributed by atoms with Crippen molar-refractivity contribution in [1.82, 2.24) is 5.16 Å². The maximum atomic E-state index is 10.8. The van der Waals surface area contributed by atoms with Crippen molar-refractivity contribution >= 4 is 5.97 Å². The van der Waals surface area contributed by atoms with E-state index in [1.165, 1.54) is 6.07 Å². The average Bonchev–Trinajstić information content (AvgIpc) is 2.71.